The second-order valence-electron chi connectivity index (χ2n) is 8.00. The van der Waals surface area contributed by atoms with Crippen molar-refractivity contribution >= 4 is 23.1 Å². The summed E-state index contributed by atoms with van der Waals surface area (Å²) in [6.45, 7) is 4.22. The molecule has 6 heteroatoms. The van der Waals surface area contributed by atoms with Gasteiger partial charge in [-0.15, -0.1) is 0 Å². The Hall–Kier alpha value is -3.80. The zero-order chi connectivity index (χ0) is 22.7. The SMILES string of the molecule is COc1cccc(CC(=O)Nc2ccc3c(c2)C(N(C)C(C)C)=Nc2ccccc2O3)c1. The van der Waals surface area contributed by atoms with E-state index in [1.807, 2.05) is 73.8 Å². The standard InChI is InChI=1S/C26H27N3O3/c1-17(2)29(3)26-21-16-19(27-25(30)15-18-8-7-9-20(14-18)31-4)12-13-23(21)32-24-11-6-5-10-22(24)28-26/h5-14,16-17H,15H2,1-4H3,(H,27,30). The fraction of sp³-hybridized carbons (Fsp3) is 0.231. The van der Waals surface area contributed by atoms with Gasteiger partial charge in [0.15, 0.2) is 5.75 Å². The molecule has 0 radical (unpaired) electrons. The van der Waals surface area contributed by atoms with Crippen LogP contribution in [0.25, 0.3) is 0 Å². The molecule has 1 aliphatic heterocycles. The van der Waals surface area contributed by atoms with Crippen LogP contribution in [-0.2, 0) is 11.2 Å². The van der Waals surface area contributed by atoms with Crippen LogP contribution in [0.1, 0.15) is 25.0 Å². The number of carbonyl (C=O) groups excluding carboxylic acids is 1. The monoisotopic (exact) mass is 429 g/mol. The Kier molecular flexibility index (Phi) is 6.12. The molecule has 32 heavy (non-hydrogen) atoms. The minimum Gasteiger partial charge on any atom is -0.497 e. The average Bonchev–Trinajstić information content (AvgIpc) is 2.95. The van der Waals surface area contributed by atoms with Crippen LogP contribution in [-0.4, -0.2) is 36.8 Å². The molecule has 4 rings (SSSR count). The third-order valence-electron chi connectivity index (χ3n) is 5.42. The summed E-state index contributed by atoms with van der Waals surface area (Å²) in [5.41, 5.74) is 3.18. The van der Waals surface area contributed by atoms with E-state index < -0.39 is 0 Å². The number of anilines is 1. The Balaban J connectivity index is 1.63. The summed E-state index contributed by atoms with van der Waals surface area (Å²) in [4.78, 5) is 19.7. The van der Waals surface area contributed by atoms with Crippen molar-refractivity contribution in [2.24, 2.45) is 4.99 Å². The maximum atomic E-state index is 12.7. The summed E-state index contributed by atoms with van der Waals surface area (Å²) < 4.78 is 11.4. The topological polar surface area (TPSA) is 63.2 Å². The molecule has 0 atom stereocenters. The van der Waals surface area contributed by atoms with Gasteiger partial charge in [-0.1, -0.05) is 24.3 Å². The number of aliphatic imine (C=N–C) groups is 1. The van der Waals surface area contributed by atoms with Crippen LogP contribution >= 0.6 is 0 Å². The zero-order valence-corrected chi connectivity index (χ0v) is 18.8. The van der Waals surface area contributed by atoms with Crippen LogP contribution in [0, 0.1) is 0 Å². The van der Waals surface area contributed by atoms with E-state index in [0.717, 1.165) is 28.4 Å². The highest BCUT2D eigenvalue weighted by Gasteiger charge is 2.23. The van der Waals surface area contributed by atoms with Crippen molar-refractivity contribution < 1.29 is 14.3 Å². The van der Waals surface area contributed by atoms with Gasteiger partial charge in [-0.2, -0.15) is 0 Å². The summed E-state index contributed by atoms with van der Waals surface area (Å²) in [5.74, 6) is 2.83. The number of para-hydroxylation sites is 2. The minimum atomic E-state index is -0.105. The lowest BCUT2D eigenvalue weighted by Gasteiger charge is -2.26. The first kappa shape index (κ1) is 21.4. The Morgan fingerprint density at radius 3 is 2.66 bits per heavy atom. The maximum absolute atomic E-state index is 12.7. The van der Waals surface area contributed by atoms with E-state index in [1.54, 1.807) is 7.11 Å². The van der Waals surface area contributed by atoms with Crippen molar-refractivity contribution in [1.82, 2.24) is 4.90 Å². The summed E-state index contributed by atoms with van der Waals surface area (Å²) in [6, 6.07) is 21.1. The van der Waals surface area contributed by atoms with Gasteiger partial charge < -0.3 is 19.7 Å². The summed E-state index contributed by atoms with van der Waals surface area (Å²) >= 11 is 0. The highest BCUT2D eigenvalue weighted by atomic mass is 16.5. The fourth-order valence-electron chi connectivity index (χ4n) is 3.49. The predicted molar refractivity (Wildman–Crippen MR) is 127 cm³/mol. The van der Waals surface area contributed by atoms with Crippen molar-refractivity contribution in [1.29, 1.82) is 0 Å². The van der Waals surface area contributed by atoms with Gasteiger partial charge in [0.05, 0.1) is 19.1 Å². The number of methoxy groups -OCH3 is 1. The molecule has 1 amide bonds. The molecule has 0 aromatic heterocycles. The number of amides is 1. The van der Waals surface area contributed by atoms with Crippen molar-refractivity contribution in [2.45, 2.75) is 26.3 Å². The van der Waals surface area contributed by atoms with Crippen LogP contribution in [0.4, 0.5) is 11.4 Å². The van der Waals surface area contributed by atoms with Crippen molar-refractivity contribution in [2.75, 3.05) is 19.5 Å². The summed E-state index contributed by atoms with van der Waals surface area (Å²) in [5, 5.41) is 3.00. The molecular weight excluding hydrogens is 402 g/mol. The van der Waals surface area contributed by atoms with Crippen molar-refractivity contribution in [3.8, 4) is 17.2 Å². The second kappa shape index (κ2) is 9.14. The molecule has 0 saturated heterocycles. The molecule has 0 unspecified atom stereocenters. The number of hydrogen-bond acceptors (Lipinski definition) is 5. The second-order valence-corrected chi connectivity index (χ2v) is 8.00. The number of benzene rings is 3. The van der Waals surface area contributed by atoms with Crippen molar-refractivity contribution in [3.05, 3.63) is 77.9 Å². The quantitative estimate of drug-likeness (QED) is 0.590. The van der Waals surface area contributed by atoms with E-state index in [4.69, 9.17) is 14.5 Å². The number of carbonyl (C=O) groups is 1. The molecule has 3 aromatic carbocycles. The third-order valence-corrected chi connectivity index (χ3v) is 5.42. The first-order chi connectivity index (χ1) is 15.4. The third kappa shape index (κ3) is 4.59. The number of amidine groups is 1. The highest BCUT2D eigenvalue weighted by Crippen LogP contribution is 2.39. The molecule has 1 N–H and O–H groups in total. The van der Waals surface area contributed by atoms with E-state index in [0.29, 0.717) is 17.2 Å². The molecule has 164 valence electrons. The Morgan fingerprint density at radius 1 is 1.06 bits per heavy atom. The number of ether oxygens (including phenoxy) is 2. The van der Waals surface area contributed by atoms with Crippen molar-refractivity contribution in [3.63, 3.8) is 0 Å². The van der Waals surface area contributed by atoms with Gasteiger partial charge in [0, 0.05) is 18.8 Å². The molecule has 3 aromatic rings. The molecule has 6 nitrogen and oxygen atoms in total. The minimum absolute atomic E-state index is 0.105. The van der Waals surface area contributed by atoms with Gasteiger partial charge in [-0.25, -0.2) is 4.99 Å². The molecule has 0 saturated carbocycles. The van der Waals surface area contributed by atoms with Gasteiger partial charge in [-0.3, -0.25) is 4.79 Å². The number of nitrogens with zero attached hydrogens (tertiary/aromatic N) is 2. The molecular formula is C26H27N3O3. The largest absolute Gasteiger partial charge is 0.497 e. The summed E-state index contributed by atoms with van der Waals surface area (Å²) in [7, 11) is 3.62. The van der Waals surface area contributed by atoms with Crippen LogP contribution < -0.4 is 14.8 Å². The molecule has 0 aliphatic carbocycles. The predicted octanol–water partition coefficient (Wildman–Crippen LogP) is 5.40. The lowest BCUT2D eigenvalue weighted by atomic mass is 10.1. The van der Waals surface area contributed by atoms with E-state index in [9.17, 15) is 4.79 Å². The Morgan fingerprint density at radius 2 is 1.88 bits per heavy atom. The van der Waals surface area contributed by atoms with Crippen LogP contribution in [0.2, 0.25) is 0 Å². The molecule has 1 aliphatic rings. The smallest absolute Gasteiger partial charge is 0.228 e. The van der Waals surface area contributed by atoms with Crippen LogP contribution in [0.5, 0.6) is 17.2 Å². The summed E-state index contributed by atoms with van der Waals surface area (Å²) in [6.07, 6.45) is 0.253. The maximum Gasteiger partial charge on any atom is 0.228 e. The number of hydrogen-bond donors (Lipinski definition) is 1. The fourth-order valence-corrected chi connectivity index (χ4v) is 3.49. The molecule has 0 bridgehead atoms. The normalized spacial score (nSPS) is 12.1. The van der Waals surface area contributed by atoms with E-state index in [-0.39, 0.29) is 18.4 Å². The van der Waals surface area contributed by atoms with Crippen LogP contribution in [0.3, 0.4) is 0 Å². The number of rotatable bonds is 5. The Bertz CT molecular complexity index is 1170. The van der Waals surface area contributed by atoms with Crippen LogP contribution in [0.15, 0.2) is 71.7 Å². The zero-order valence-electron chi connectivity index (χ0n) is 18.8. The van der Waals surface area contributed by atoms with Gasteiger partial charge in [0.25, 0.3) is 0 Å². The van der Waals surface area contributed by atoms with Gasteiger partial charge >= 0.3 is 0 Å². The number of nitrogens with one attached hydrogen (secondary N) is 1. The van der Waals surface area contributed by atoms with Gasteiger partial charge in [0.2, 0.25) is 5.91 Å². The first-order valence-corrected chi connectivity index (χ1v) is 10.6. The lowest BCUT2D eigenvalue weighted by Crippen LogP contribution is -2.33. The molecule has 1 heterocycles. The Labute approximate surface area is 188 Å². The van der Waals surface area contributed by atoms with Gasteiger partial charge in [0.1, 0.15) is 23.0 Å². The van der Waals surface area contributed by atoms with E-state index >= 15 is 0 Å². The first-order valence-electron chi connectivity index (χ1n) is 10.6. The van der Waals surface area contributed by atoms with Gasteiger partial charge in [-0.05, 0) is 61.9 Å². The molecule has 0 spiro atoms. The lowest BCUT2D eigenvalue weighted by molar-refractivity contribution is -0.115. The average molecular weight is 430 g/mol. The highest BCUT2D eigenvalue weighted by molar-refractivity contribution is 6.05. The number of fused-ring (bicyclic) bond motifs is 2. The molecule has 0 fully saturated rings. The van der Waals surface area contributed by atoms with E-state index in [2.05, 4.69) is 24.1 Å². The van der Waals surface area contributed by atoms with E-state index in [1.165, 1.54) is 0 Å².